The fourth-order valence-electron chi connectivity index (χ4n) is 1.00. The van der Waals surface area contributed by atoms with Crippen molar-refractivity contribution in [3.63, 3.8) is 0 Å². The predicted molar refractivity (Wildman–Crippen MR) is 40.1 cm³/mol. The molecule has 1 nitrogen and oxygen atoms in total. The van der Waals surface area contributed by atoms with E-state index in [9.17, 15) is 0 Å². The highest BCUT2D eigenvalue weighted by molar-refractivity contribution is 5.26. The van der Waals surface area contributed by atoms with Gasteiger partial charge in [-0.3, -0.25) is 0 Å². The van der Waals surface area contributed by atoms with Crippen molar-refractivity contribution in [2.24, 2.45) is 5.41 Å². The van der Waals surface area contributed by atoms with Crippen molar-refractivity contribution < 1.29 is 0 Å². The molecule has 0 spiro atoms. The molecule has 0 saturated carbocycles. The summed E-state index contributed by atoms with van der Waals surface area (Å²) in [6, 6.07) is 0. The molecule has 0 bridgehead atoms. The molecule has 1 heteroatoms. The summed E-state index contributed by atoms with van der Waals surface area (Å²) in [7, 11) is 0. The minimum atomic E-state index is 0.240. The minimum absolute atomic E-state index is 0.240. The van der Waals surface area contributed by atoms with Gasteiger partial charge in [0.1, 0.15) is 0 Å². The van der Waals surface area contributed by atoms with Crippen molar-refractivity contribution in [1.82, 2.24) is 5.32 Å². The molecule has 9 heavy (non-hydrogen) atoms. The summed E-state index contributed by atoms with van der Waals surface area (Å²) in [4.78, 5) is 0. The van der Waals surface area contributed by atoms with Gasteiger partial charge in [-0.1, -0.05) is 20.4 Å². The van der Waals surface area contributed by atoms with Crippen LogP contribution in [0.2, 0.25) is 0 Å². The first-order valence-corrected chi connectivity index (χ1v) is 3.35. The molecule has 1 fully saturated rings. The summed E-state index contributed by atoms with van der Waals surface area (Å²) in [6.45, 7) is 12.7. The van der Waals surface area contributed by atoms with E-state index < -0.39 is 0 Å². The maximum atomic E-state index is 3.90. The monoisotopic (exact) mass is 125 g/mol. The highest BCUT2D eigenvalue weighted by atomic mass is 15.1. The van der Waals surface area contributed by atoms with Crippen molar-refractivity contribution in [2.45, 2.75) is 33.2 Å². The minimum Gasteiger partial charge on any atom is -0.382 e. The van der Waals surface area contributed by atoms with E-state index in [1.165, 1.54) is 0 Å². The van der Waals surface area contributed by atoms with Crippen LogP contribution < -0.4 is 5.32 Å². The summed E-state index contributed by atoms with van der Waals surface area (Å²) in [5.41, 5.74) is 1.67. The summed E-state index contributed by atoms with van der Waals surface area (Å²) in [5.74, 6) is 0. The topological polar surface area (TPSA) is 12.0 Å². The zero-order valence-electron chi connectivity index (χ0n) is 6.71. The van der Waals surface area contributed by atoms with E-state index >= 15 is 0 Å². The van der Waals surface area contributed by atoms with Gasteiger partial charge in [-0.15, -0.1) is 0 Å². The second-order valence-electron chi connectivity index (χ2n) is 3.85. The van der Waals surface area contributed by atoms with Crippen molar-refractivity contribution in [1.29, 1.82) is 0 Å². The zero-order chi connectivity index (χ0) is 7.28. The van der Waals surface area contributed by atoms with Gasteiger partial charge in [-0.05, 0) is 13.8 Å². The van der Waals surface area contributed by atoms with E-state index in [4.69, 9.17) is 0 Å². The third-order valence-electron chi connectivity index (χ3n) is 2.78. The van der Waals surface area contributed by atoms with Gasteiger partial charge in [0, 0.05) is 16.7 Å². The van der Waals surface area contributed by atoms with Crippen molar-refractivity contribution in [2.75, 3.05) is 0 Å². The molecule has 0 aromatic heterocycles. The van der Waals surface area contributed by atoms with Crippen molar-refractivity contribution >= 4 is 0 Å². The van der Waals surface area contributed by atoms with Crippen LogP contribution in [0.5, 0.6) is 0 Å². The van der Waals surface area contributed by atoms with Crippen LogP contribution >= 0.6 is 0 Å². The maximum Gasteiger partial charge on any atom is 0.0419 e. The molecular formula is C8H15N. The lowest BCUT2D eigenvalue weighted by atomic mass is 9.65. The van der Waals surface area contributed by atoms with Crippen LogP contribution in [-0.4, -0.2) is 5.54 Å². The molecular weight excluding hydrogens is 110 g/mol. The molecule has 1 rings (SSSR count). The van der Waals surface area contributed by atoms with Crippen LogP contribution in [0, 0.1) is 5.41 Å². The van der Waals surface area contributed by atoms with Crippen LogP contribution in [0.15, 0.2) is 12.3 Å². The van der Waals surface area contributed by atoms with Crippen LogP contribution in [0.25, 0.3) is 0 Å². The van der Waals surface area contributed by atoms with Gasteiger partial charge in [0.15, 0.2) is 0 Å². The second-order valence-corrected chi connectivity index (χ2v) is 3.85. The highest BCUT2D eigenvalue weighted by Gasteiger charge is 2.48. The third-order valence-corrected chi connectivity index (χ3v) is 2.78. The molecule has 1 saturated heterocycles. The number of rotatable bonds is 0. The van der Waals surface area contributed by atoms with Gasteiger partial charge in [0.2, 0.25) is 0 Å². The molecule has 0 aromatic rings. The molecule has 52 valence electrons. The summed E-state index contributed by atoms with van der Waals surface area (Å²) >= 11 is 0. The molecule has 1 aliphatic rings. The first-order valence-electron chi connectivity index (χ1n) is 3.35. The van der Waals surface area contributed by atoms with Crippen LogP contribution in [-0.2, 0) is 0 Å². The van der Waals surface area contributed by atoms with Gasteiger partial charge >= 0.3 is 0 Å². The zero-order valence-corrected chi connectivity index (χ0v) is 6.71. The molecule has 1 N–H and O–H groups in total. The quantitative estimate of drug-likeness (QED) is 0.521. The van der Waals surface area contributed by atoms with E-state index in [1.807, 2.05) is 0 Å². The third kappa shape index (κ3) is 0.606. The molecule has 1 heterocycles. The Morgan fingerprint density at radius 3 is 1.67 bits per heavy atom. The van der Waals surface area contributed by atoms with E-state index in [0.717, 1.165) is 5.70 Å². The fraction of sp³-hybridized carbons (Fsp3) is 0.750. The molecule has 0 aromatic carbocycles. The van der Waals surface area contributed by atoms with Gasteiger partial charge in [-0.2, -0.15) is 0 Å². The average molecular weight is 125 g/mol. The first-order chi connectivity index (χ1) is 3.88. The van der Waals surface area contributed by atoms with E-state index in [-0.39, 0.29) is 11.0 Å². The Morgan fingerprint density at radius 2 is 1.67 bits per heavy atom. The molecule has 0 amide bonds. The fourth-order valence-corrected chi connectivity index (χ4v) is 1.00. The summed E-state index contributed by atoms with van der Waals surface area (Å²) in [6.07, 6.45) is 0. The van der Waals surface area contributed by atoms with E-state index in [2.05, 4.69) is 39.6 Å². The van der Waals surface area contributed by atoms with Crippen LogP contribution in [0.4, 0.5) is 0 Å². The maximum absolute atomic E-state index is 3.90. The average Bonchev–Trinajstić information content (AvgIpc) is 1.65. The number of hydrogen-bond donors (Lipinski definition) is 1. The Bertz CT molecular complexity index is 154. The van der Waals surface area contributed by atoms with Gasteiger partial charge in [0.25, 0.3) is 0 Å². The van der Waals surface area contributed by atoms with E-state index in [0.29, 0.717) is 0 Å². The van der Waals surface area contributed by atoms with Crippen molar-refractivity contribution in [3.8, 4) is 0 Å². The Balaban J connectivity index is 2.82. The van der Waals surface area contributed by atoms with Crippen molar-refractivity contribution in [3.05, 3.63) is 12.3 Å². The molecule has 0 radical (unpaired) electrons. The number of hydrogen-bond acceptors (Lipinski definition) is 1. The lowest BCUT2D eigenvalue weighted by Crippen LogP contribution is -2.64. The van der Waals surface area contributed by atoms with Gasteiger partial charge < -0.3 is 5.32 Å². The van der Waals surface area contributed by atoms with Crippen LogP contribution in [0.1, 0.15) is 27.7 Å². The largest absolute Gasteiger partial charge is 0.382 e. The first kappa shape index (κ1) is 6.66. The molecule has 1 aliphatic heterocycles. The Kier molecular flexibility index (Phi) is 0.988. The number of nitrogens with one attached hydrogen (secondary N) is 1. The lowest BCUT2D eigenvalue weighted by molar-refractivity contribution is 0.109. The Hall–Kier alpha value is -0.460. The highest BCUT2D eigenvalue weighted by Crippen LogP contribution is 2.44. The smallest absolute Gasteiger partial charge is 0.0419 e. The summed E-state index contributed by atoms with van der Waals surface area (Å²) < 4.78 is 0. The summed E-state index contributed by atoms with van der Waals surface area (Å²) in [5, 5.41) is 3.28. The molecule has 0 atom stereocenters. The van der Waals surface area contributed by atoms with Gasteiger partial charge in [0.05, 0.1) is 0 Å². The SMILES string of the molecule is C=C1NC(C)(C)C1(C)C. The Morgan fingerprint density at radius 1 is 1.22 bits per heavy atom. The normalized spacial score (nSPS) is 28.7. The predicted octanol–water partition coefficient (Wildman–Crippen LogP) is 1.91. The van der Waals surface area contributed by atoms with E-state index in [1.54, 1.807) is 0 Å². The van der Waals surface area contributed by atoms with Gasteiger partial charge in [-0.25, -0.2) is 0 Å². The standard InChI is InChI=1S/C8H15N/c1-6-7(2,3)8(4,5)9-6/h9H,1H2,2-5H3. The molecule has 0 unspecified atom stereocenters. The Labute approximate surface area is 57.1 Å². The second kappa shape index (κ2) is 1.34. The van der Waals surface area contributed by atoms with Crippen LogP contribution in [0.3, 0.4) is 0 Å². The molecule has 0 aliphatic carbocycles. The lowest BCUT2D eigenvalue weighted by Gasteiger charge is -2.55.